The van der Waals surface area contributed by atoms with E-state index in [-0.39, 0.29) is 5.91 Å². The van der Waals surface area contributed by atoms with Crippen LogP contribution >= 0.6 is 11.3 Å². The quantitative estimate of drug-likeness (QED) is 0.544. The number of ether oxygens (including phenoxy) is 1. The summed E-state index contributed by atoms with van der Waals surface area (Å²) in [5.74, 6) is 1.45. The molecule has 1 aromatic carbocycles. The van der Waals surface area contributed by atoms with Crippen molar-refractivity contribution >= 4 is 22.9 Å². The van der Waals surface area contributed by atoms with Crippen LogP contribution in [-0.4, -0.2) is 40.6 Å². The number of carbonyl (C=O) groups is 1. The first-order valence-corrected chi connectivity index (χ1v) is 11.7. The Kier molecular flexibility index (Phi) is 7.04. The van der Waals surface area contributed by atoms with Gasteiger partial charge in [0, 0.05) is 48.7 Å². The predicted octanol–water partition coefficient (Wildman–Crippen LogP) is 4.88. The molecule has 0 bridgehead atoms. The van der Waals surface area contributed by atoms with Crippen molar-refractivity contribution in [1.29, 1.82) is 0 Å². The van der Waals surface area contributed by atoms with Gasteiger partial charge in [-0.3, -0.25) is 14.3 Å². The molecular weight excluding hydrogens is 408 g/mol. The first-order chi connectivity index (χ1) is 15.1. The summed E-state index contributed by atoms with van der Waals surface area (Å²) in [4.78, 5) is 19.5. The highest BCUT2D eigenvalue weighted by Crippen LogP contribution is 2.25. The highest BCUT2D eigenvalue weighted by Gasteiger charge is 2.22. The zero-order chi connectivity index (χ0) is 21.6. The van der Waals surface area contributed by atoms with Gasteiger partial charge in [0.05, 0.1) is 7.11 Å². The Morgan fingerprint density at radius 1 is 1.35 bits per heavy atom. The topological polar surface area (TPSA) is 59.4 Å². The van der Waals surface area contributed by atoms with Gasteiger partial charge in [-0.15, -0.1) is 11.3 Å². The third kappa shape index (κ3) is 5.54. The molecule has 1 fully saturated rings. The van der Waals surface area contributed by atoms with E-state index in [0.717, 1.165) is 48.2 Å². The third-order valence-electron chi connectivity index (χ3n) is 5.93. The van der Waals surface area contributed by atoms with Crippen molar-refractivity contribution in [2.24, 2.45) is 5.92 Å². The van der Waals surface area contributed by atoms with Crippen LogP contribution in [0.3, 0.4) is 0 Å². The number of benzene rings is 1. The van der Waals surface area contributed by atoms with E-state index in [1.165, 1.54) is 18.5 Å². The average Bonchev–Trinajstić information content (AvgIpc) is 3.46. The van der Waals surface area contributed by atoms with E-state index in [2.05, 4.69) is 38.1 Å². The molecule has 0 aliphatic carbocycles. The van der Waals surface area contributed by atoms with Crippen LogP contribution in [0.5, 0.6) is 5.75 Å². The summed E-state index contributed by atoms with van der Waals surface area (Å²) in [6, 6.07) is 9.99. The van der Waals surface area contributed by atoms with Gasteiger partial charge >= 0.3 is 0 Å². The predicted molar refractivity (Wildman–Crippen MR) is 125 cm³/mol. The van der Waals surface area contributed by atoms with E-state index in [9.17, 15) is 4.79 Å². The molecule has 1 aliphatic rings. The number of methoxy groups -OCH3 is 1. The number of piperidine rings is 1. The SMILES string of the molecule is COc1ccc(NC(=O)CC[C@H]2CCCN(Cc3cccn3-c3nccs3)C2)c(C)c1. The van der Waals surface area contributed by atoms with Crippen molar-refractivity contribution in [1.82, 2.24) is 14.5 Å². The lowest BCUT2D eigenvalue weighted by atomic mass is 9.93. The van der Waals surface area contributed by atoms with Gasteiger partial charge < -0.3 is 10.1 Å². The molecule has 1 aliphatic heterocycles. The van der Waals surface area contributed by atoms with Crippen molar-refractivity contribution in [3.8, 4) is 10.9 Å². The number of aryl methyl sites for hydroxylation is 1. The molecule has 0 saturated carbocycles. The number of carbonyl (C=O) groups excluding carboxylic acids is 1. The molecule has 1 amide bonds. The lowest BCUT2D eigenvalue weighted by Crippen LogP contribution is -2.35. The molecule has 4 rings (SSSR count). The monoisotopic (exact) mass is 438 g/mol. The summed E-state index contributed by atoms with van der Waals surface area (Å²) < 4.78 is 7.42. The fourth-order valence-electron chi connectivity index (χ4n) is 4.28. The van der Waals surface area contributed by atoms with E-state index in [0.29, 0.717) is 12.3 Å². The van der Waals surface area contributed by atoms with Gasteiger partial charge in [0.2, 0.25) is 5.91 Å². The first-order valence-electron chi connectivity index (χ1n) is 10.9. The second kappa shape index (κ2) is 10.1. The number of likely N-dealkylation sites (tertiary alicyclic amines) is 1. The maximum atomic E-state index is 12.5. The van der Waals surface area contributed by atoms with Gasteiger partial charge in [0.25, 0.3) is 0 Å². The normalized spacial score (nSPS) is 16.9. The molecule has 3 aromatic rings. The number of hydrogen-bond donors (Lipinski definition) is 1. The molecule has 1 saturated heterocycles. The highest BCUT2D eigenvalue weighted by molar-refractivity contribution is 7.12. The van der Waals surface area contributed by atoms with Gasteiger partial charge in [0.1, 0.15) is 5.75 Å². The maximum Gasteiger partial charge on any atom is 0.224 e. The van der Waals surface area contributed by atoms with Crippen molar-refractivity contribution in [3.63, 3.8) is 0 Å². The molecule has 31 heavy (non-hydrogen) atoms. The molecule has 0 spiro atoms. The molecule has 2 aromatic heterocycles. The average molecular weight is 439 g/mol. The number of amides is 1. The van der Waals surface area contributed by atoms with E-state index >= 15 is 0 Å². The molecule has 1 atom stereocenters. The zero-order valence-corrected chi connectivity index (χ0v) is 19.0. The van der Waals surface area contributed by atoms with Crippen LogP contribution in [0.15, 0.2) is 48.1 Å². The van der Waals surface area contributed by atoms with Gasteiger partial charge in [0.15, 0.2) is 5.13 Å². The Bertz CT molecular complexity index is 999. The number of hydrogen-bond acceptors (Lipinski definition) is 5. The Balaban J connectivity index is 1.28. The van der Waals surface area contributed by atoms with E-state index in [4.69, 9.17) is 4.74 Å². The van der Waals surface area contributed by atoms with E-state index < -0.39 is 0 Å². The maximum absolute atomic E-state index is 12.5. The van der Waals surface area contributed by atoms with Crippen molar-refractivity contribution < 1.29 is 9.53 Å². The Morgan fingerprint density at radius 2 is 2.26 bits per heavy atom. The number of aromatic nitrogens is 2. The van der Waals surface area contributed by atoms with Gasteiger partial charge in [-0.1, -0.05) is 0 Å². The van der Waals surface area contributed by atoms with Crippen LogP contribution in [0, 0.1) is 12.8 Å². The first kappa shape index (κ1) is 21.6. The van der Waals surface area contributed by atoms with Gasteiger partial charge in [-0.05, 0) is 74.5 Å². The summed E-state index contributed by atoms with van der Waals surface area (Å²) in [6.07, 6.45) is 7.78. The third-order valence-corrected chi connectivity index (χ3v) is 6.71. The van der Waals surface area contributed by atoms with Crippen molar-refractivity contribution in [2.75, 3.05) is 25.5 Å². The van der Waals surface area contributed by atoms with Crippen LogP contribution in [0.2, 0.25) is 0 Å². The zero-order valence-electron chi connectivity index (χ0n) is 18.2. The molecule has 7 heteroatoms. The lowest BCUT2D eigenvalue weighted by Gasteiger charge is -2.32. The molecular formula is C24H30N4O2S. The Hall–Kier alpha value is -2.64. The van der Waals surface area contributed by atoms with E-state index in [1.54, 1.807) is 18.4 Å². The second-order valence-electron chi connectivity index (χ2n) is 8.20. The van der Waals surface area contributed by atoms with Crippen LogP contribution in [0.1, 0.15) is 36.9 Å². The fourth-order valence-corrected chi connectivity index (χ4v) is 4.93. The summed E-state index contributed by atoms with van der Waals surface area (Å²) in [6.45, 7) is 5.05. The Morgan fingerprint density at radius 3 is 3.03 bits per heavy atom. The minimum Gasteiger partial charge on any atom is -0.497 e. The molecule has 3 heterocycles. The smallest absolute Gasteiger partial charge is 0.224 e. The summed E-state index contributed by atoms with van der Waals surface area (Å²) >= 11 is 1.65. The van der Waals surface area contributed by atoms with Crippen LogP contribution < -0.4 is 10.1 Å². The number of thiazole rings is 1. The van der Waals surface area contributed by atoms with Crippen LogP contribution in [0.4, 0.5) is 5.69 Å². The number of rotatable bonds is 8. The molecule has 0 radical (unpaired) electrons. The van der Waals surface area contributed by atoms with Crippen molar-refractivity contribution in [2.45, 2.75) is 39.2 Å². The molecule has 1 N–H and O–H groups in total. The lowest BCUT2D eigenvalue weighted by molar-refractivity contribution is -0.116. The van der Waals surface area contributed by atoms with Gasteiger partial charge in [-0.2, -0.15) is 0 Å². The summed E-state index contributed by atoms with van der Waals surface area (Å²) in [5, 5.41) is 6.08. The highest BCUT2D eigenvalue weighted by atomic mass is 32.1. The standard InChI is InChI=1S/C24H30N4O2S/c1-18-15-21(30-2)8-9-22(18)26-23(29)10-7-19-5-3-12-27(16-19)17-20-6-4-13-28(20)24-25-11-14-31-24/h4,6,8-9,11,13-15,19H,3,5,7,10,12,16-17H2,1-2H3,(H,26,29)/t19-/m1/s1. The second-order valence-corrected chi connectivity index (χ2v) is 9.07. The fraction of sp³-hybridized carbons (Fsp3) is 0.417. The van der Waals surface area contributed by atoms with Gasteiger partial charge in [-0.25, -0.2) is 4.98 Å². The Labute approximate surface area is 187 Å². The molecule has 0 unspecified atom stereocenters. The molecule has 6 nitrogen and oxygen atoms in total. The molecule has 164 valence electrons. The van der Waals surface area contributed by atoms with Crippen LogP contribution in [-0.2, 0) is 11.3 Å². The largest absolute Gasteiger partial charge is 0.497 e. The van der Waals surface area contributed by atoms with Crippen molar-refractivity contribution in [3.05, 3.63) is 59.4 Å². The van der Waals surface area contributed by atoms with Crippen LogP contribution in [0.25, 0.3) is 5.13 Å². The minimum absolute atomic E-state index is 0.0861. The summed E-state index contributed by atoms with van der Waals surface area (Å²) in [5.41, 5.74) is 3.14. The number of anilines is 1. The number of nitrogens with one attached hydrogen (secondary N) is 1. The van der Waals surface area contributed by atoms with E-state index in [1.807, 2.05) is 36.7 Å². The minimum atomic E-state index is 0.0861. The number of nitrogens with zero attached hydrogens (tertiary/aromatic N) is 3. The summed E-state index contributed by atoms with van der Waals surface area (Å²) in [7, 11) is 1.65.